The molecular weight excluding hydrogens is 1040 g/mol. The summed E-state index contributed by atoms with van der Waals surface area (Å²) in [6.45, 7) is 19.4. The SMILES string of the molecule is C=CC(=O)N1CC[C@H](C(=O)N(C)[C@H](C(=O)N[C@H]2Cc3cccc(c3)-c3ccc4c(c3)c(c(-c3cc5c(nc3[C@H](C)OC)CCN(C)C5)n4CC)CC(C)(C)COC(=O)[C@@H]3CCCN(N3)C2=O)C(C)C)C1.S.S.S.S.S. The van der Waals surface area contributed by atoms with Crippen LogP contribution in [0.3, 0.4) is 0 Å². The third-order valence-corrected chi connectivity index (χ3v) is 14.9. The molecule has 2 saturated heterocycles. The summed E-state index contributed by atoms with van der Waals surface area (Å²) < 4.78 is 14.6. The Kier molecular flexibility index (Phi) is 23.8. The summed E-state index contributed by atoms with van der Waals surface area (Å²) in [5.41, 5.74) is 13.0. The Labute approximate surface area is 478 Å². The Hall–Kier alpha value is -4.15. The number of fused-ring (bicyclic) bond motifs is 7. The van der Waals surface area contributed by atoms with Gasteiger partial charge in [-0.15, -0.1) is 0 Å². The Morgan fingerprint density at radius 2 is 1.72 bits per heavy atom. The first-order valence-electron chi connectivity index (χ1n) is 25.1. The maximum atomic E-state index is 14.8. The fraction of sp³-hybridized carbons (Fsp3) is 0.527. The smallest absolute Gasteiger partial charge is 0.324 e. The molecule has 6 heterocycles. The highest BCUT2D eigenvalue weighted by molar-refractivity contribution is 7.60. The van der Waals surface area contributed by atoms with Gasteiger partial charge in [-0.3, -0.25) is 34.0 Å². The quantitative estimate of drug-likeness (QED) is 0.128. The number of pyridine rings is 1. The molecule has 2 N–H and O–H groups in total. The van der Waals surface area contributed by atoms with Crippen LogP contribution >= 0.6 is 67.5 Å². The standard InChI is InChI=1S/C55H72N8O7.5H2S/c1-11-47(64)61-24-20-38(31-61)52(66)60(9)49(33(3)4)51(65)57-45-26-35-15-13-16-36(25-35)37-18-19-46-40(27-37)42(29-55(6,7)32-70-54(68)44-17-14-22-63(58-44)53(45)67)50(62(46)12-2)41-28-39-30-59(8)23-21-43(39)56-48(41)34(5)69-10;;;;;/h11,13,15-16,18-19,25,27-28,33-34,38,44-45,49,58H,1,12,14,17,20-24,26,29-32H2,2-10H3,(H,57,65);5*1H2/t34-,38-,44-,45-,49-;;;;;/m0...../s1. The van der Waals surface area contributed by atoms with Crippen molar-refractivity contribution in [3.05, 3.63) is 89.3 Å². The maximum absolute atomic E-state index is 14.8. The molecule has 4 aliphatic heterocycles. The number of nitrogens with zero attached hydrogens (tertiary/aromatic N) is 6. The Balaban J connectivity index is 0.00000296. The minimum Gasteiger partial charge on any atom is -0.464 e. The second-order valence-electron chi connectivity index (χ2n) is 21.0. The van der Waals surface area contributed by atoms with Gasteiger partial charge in [0, 0.05) is 93.8 Å². The van der Waals surface area contributed by atoms with Crippen LogP contribution in [0, 0.1) is 17.3 Å². The van der Waals surface area contributed by atoms with Gasteiger partial charge in [0.2, 0.25) is 17.7 Å². The zero-order valence-electron chi connectivity index (χ0n) is 45.1. The molecule has 4 aromatic rings. The van der Waals surface area contributed by atoms with E-state index in [1.54, 1.807) is 19.1 Å². The molecule has 75 heavy (non-hydrogen) atoms. The van der Waals surface area contributed by atoms with Gasteiger partial charge in [0.05, 0.1) is 30.0 Å². The number of hydrogen-bond donors (Lipinski definition) is 2. The van der Waals surface area contributed by atoms with Gasteiger partial charge in [-0.05, 0) is 105 Å². The number of carbonyl (C=O) groups excluding carboxylic acids is 5. The third kappa shape index (κ3) is 13.9. The first kappa shape index (κ1) is 65.1. The maximum Gasteiger partial charge on any atom is 0.324 e. The summed E-state index contributed by atoms with van der Waals surface area (Å²) in [5, 5.41) is 5.62. The number of benzene rings is 2. The molecule has 8 rings (SSSR count). The summed E-state index contributed by atoms with van der Waals surface area (Å²) in [6, 6.07) is 14.3. The molecule has 0 spiro atoms. The fourth-order valence-corrected chi connectivity index (χ4v) is 11.1. The summed E-state index contributed by atoms with van der Waals surface area (Å²) in [6.07, 6.45) is 4.09. The molecule has 0 radical (unpaired) electrons. The van der Waals surface area contributed by atoms with Crippen molar-refractivity contribution in [1.82, 2.24) is 40.0 Å². The van der Waals surface area contributed by atoms with Crippen molar-refractivity contribution in [2.24, 2.45) is 17.3 Å². The molecule has 20 heteroatoms. The molecule has 0 aliphatic carbocycles. The molecular formula is C55H82N8O7S5. The molecule has 5 atom stereocenters. The highest BCUT2D eigenvalue weighted by atomic mass is 32.1. The number of hydrogen-bond acceptors (Lipinski definition) is 10. The van der Waals surface area contributed by atoms with Crippen molar-refractivity contribution in [3.63, 3.8) is 0 Å². The third-order valence-electron chi connectivity index (χ3n) is 14.9. The number of rotatable bonds is 10. The van der Waals surface area contributed by atoms with E-state index >= 15 is 0 Å². The van der Waals surface area contributed by atoms with Gasteiger partial charge < -0.3 is 34.1 Å². The van der Waals surface area contributed by atoms with Gasteiger partial charge in [0.1, 0.15) is 18.1 Å². The second-order valence-corrected chi connectivity index (χ2v) is 21.0. The molecule has 2 aromatic carbocycles. The topological polar surface area (TPSA) is 159 Å². The number of likely N-dealkylation sites (N-methyl/N-ethyl adjacent to an activating group) is 2. The molecule has 2 aromatic heterocycles. The Morgan fingerprint density at radius 3 is 2.40 bits per heavy atom. The lowest BCUT2D eigenvalue weighted by Crippen LogP contribution is -2.62. The van der Waals surface area contributed by atoms with Crippen LogP contribution < -0.4 is 10.7 Å². The van der Waals surface area contributed by atoms with Crippen LogP contribution in [-0.4, -0.2) is 131 Å². The van der Waals surface area contributed by atoms with E-state index in [1.807, 2.05) is 26.0 Å². The lowest BCUT2D eigenvalue weighted by Gasteiger charge is -2.37. The van der Waals surface area contributed by atoms with Crippen molar-refractivity contribution < 1.29 is 33.4 Å². The van der Waals surface area contributed by atoms with Crippen molar-refractivity contribution in [1.29, 1.82) is 0 Å². The van der Waals surface area contributed by atoms with Gasteiger partial charge >= 0.3 is 5.97 Å². The van der Waals surface area contributed by atoms with E-state index in [0.717, 1.165) is 75.3 Å². The van der Waals surface area contributed by atoms with Gasteiger partial charge in [0.15, 0.2) is 0 Å². The van der Waals surface area contributed by atoms with E-state index in [9.17, 15) is 24.0 Å². The van der Waals surface area contributed by atoms with E-state index in [1.165, 1.54) is 21.5 Å². The van der Waals surface area contributed by atoms with Crippen LogP contribution in [0.25, 0.3) is 33.3 Å². The largest absolute Gasteiger partial charge is 0.464 e. The lowest BCUT2D eigenvalue weighted by molar-refractivity contribution is -0.155. The molecule has 15 nitrogen and oxygen atoms in total. The number of methoxy groups -OCH3 is 1. The monoisotopic (exact) mass is 1130 g/mol. The van der Waals surface area contributed by atoms with Crippen LogP contribution in [0.5, 0.6) is 0 Å². The molecule has 4 amide bonds. The normalized spacial score (nSPS) is 20.3. The Morgan fingerprint density at radius 1 is 1.00 bits per heavy atom. The minimum absolute atomic E-state index is 0. The number of carbonyl (C=O) groups is 5. The minimum atomic E-state index is -1.05. The summed E-state index contributed by atoms with van der Waals surface area (Å²) in [5.74, 6) is -2.55. The molecule has 0 saturated carbocycles. The van der Waals surface area contributed by atoms with Crippen LogP contribution in [0.4, 0.5) is 0 Å². The van der Waals surface area contributed by atoms with Crippen molar-refractivity contribution >= 4 is 108 Å². The van der Waals surface area contributed by atoms with Crippen LogP contribution in [0.1, 0.15) is 95.0 Å². The number of amides is 4. The van der Waals surface area contributed by atoms with E-state index in [-0.39, 0.29) is 111 Å². The molecule has 2 fully saturated rings. The van der Waals surface area contributed by atoms with Gasteiger partial charge in [-0.25, -0.2) is 5.43 Å². The van der Waals surface area contributed by atoms with E-state index in [2.05, 4.69) is 97.9 Å². The zero-order valence-corrected chi connectivity index (χ0v) is 50.1. The van der Waals surface area contributed by atoms with Crippen LogP contribution in [-0.2, 0) is 65.8 Å². The first-order chi connectivity index (χ1) is 33.4. The zero-order chi connectivity index (χ0) is 50.2. The number of esters is 1. The molecule has 0 unspecified atom stereocenters. The van der Waals surface area contributed by atoms with Crippen molar-refractivity contribution in [2.75, 3.05) is 54.0 Å². The number of likely N-dealkylation sites (tertiary alicyclic amines) is 1. The predicted molar refractivity (Wildman–Crippen MR) is 322 cm³/mol. The number of aryl methyl sites for hydroxylation is 1. The summed E-state index contributed by atoms with van der Waals surface area (Å²) in [7, 11) is 5.49. The summed E-state index contributed by atoms with van der Waals surface area (Å²) in [4.78, 5) is 80.5. The van der Waals surface area contributed by atoms with Crippen molar-refractivity contribution in [3.8, 4) is 22.4 Å². The van der Waals surface area contributed by atoms with Crippen molar-refractivity contribution in [2.45, 2.75) is 117 Å². The number of ether oxygens (including phenoxy) is 2. The molecule has 4 aliphatic rings. The summed E-state index contributed by atoms with van der Waals surface area (Å²) >= 11 is 0. The molecule has 414 valence electrons. The van der Waals surface area contributed by atoms with E-state index < -0.39 is 47.2 Å². The van der Waals surface area contributed by atoms with Gasteiger partial charge in [-0.2, -0.15) is 67.5 Å². The lowest BCUT2D eigenvalue weighted by atomic mass is 9.83. The number of nitrogens with one attached hydrogen (secondary N) is 2. The molecule has 6 bridgehead atoms. The fourth-order valence-electron chi connectivity index (χ4n) is 11.1. The Bertz CT molecular complexity index is 2700. The van der Waals surface area contributed by atoms with E-state index in [0.29, 0.717) is 45.3 Å². The van der Waals surface area contributed by atoms with Crippen LogP contribution in [0.15, 0.2) is 61.2 Å². The van der Waals surface area contributed by atoms with Crippen LogP contribution in [0.2, 0.25) is 0 Å². The highest BCUT2D eigenvalue weighted by Crippen LogP contribution is 2.43. The number of hydrazine groups is 1. The first-order valence-corrected chi connectivity index (χ1v) is 25.1. The predicted octanol–water partition coefficient (Wildman–Crippen LogP) is 6.82. The average molecular weight is 1130 g/mol. The highest BCUT2D eigenvalue weighted by Gasteiger charge is 2.40. The van der Waals surface area contributed by atoms with E-state index in [4.69, 9.17) is 14.5 Å². The number of cyclic esters (lactones) is 1. The van der Waals surface area contributed by atoms with Gasteiger partial charge in [-0.1, -0.05) is 64.6 Å². The second kappa shape index (κ2) is 27.4. The average Bonchev–Trinajstić information content (AvgIpc) is 3.96. The number of aromatic nitrogens is 2. The van der Waals surface area contributed by atoms with Gasteiger partial charge in [0.25, 0.3) is 5.91 Å².